The highest BCUT2D eigenvalue weighted by molar-refractivity contribution is 7.42. The Hall–Kier alpha value is 0.134. The second-order valence-electron chi connectivity index (χ2n) is 5.93. The van der Waals surface area contributed by atoms with Crippen molar-refractivity contribution in [2.24, 2.45) is 0 Å². The van der Waals surface area contributed by atoms with Crippen LogP contribution in [0.5, 0.6) is 0 Å². The zero-order chi connectivity index (χ0) is 13.0. The fourth-order valence-electron chi connectivity index (χ4n) is 2.60. The van der Waals surface area contributed by atoms with E-state index in [1.54, 1.807) is 5.20 Å². The highest BCUT2D eigenvalue weighted by atomic mass is 29.3. The Morgan fingerprint density at radius 1 is 1.25 bits per heavy atom. The molecular weight excluding hydrogens is 226 g/mol. The predicted molar refractivity (Wildman–Crippen MR) is 81.9 cm³/mol. The lowest BCUT2D eigenvalue weighted by molar-refractivity contribution is 0.644. The van der Waals surface area contributed by atoms with E-state index in [1.165, 1.54) is 12.5 Å². The van der Waals surface area contributed by atoms with Crippen LogP contribution in [0.4, 0.5) is 0 Å². The van der Waals surface area contributed by atoms with Crippen LogP contribution in [0.3, 0.4) is 0 Å². The molecule has 0 radical (unpaired) electrons. The average molecular weight is 258 g/mol. The normalized spacial score (nSPS) is 19.4. The Bertz CT molecular complexity index is 243. The van der Waals surface area contributed by atoms with Crippen molar-refractivity contribution in [2.75, 3.05) is 0 Å². The maximum Gasteiger partial charge on any atom is 0.141 e. The first-order chi connectivity index (χ1) is 7.25. The van der Waals surface area contributed by atoms with E-state index in [0.29, 0.717) is 6.04 Å². The minimum absolute atomic E-state index is 0.660. The summed E-state index contributed by atoms with van der Waals surface area (Å²) < 4.78 is 0. The molecule has 1 nitrogen and oxygen atoms in total. The van der Waals surface area contributed by atoms with E-state index in [4.69, 9.17) is 0 Å². The Labute approximate surface area is 105 Å². The molecule has 3 heteroatoms. The zero-order valence-corrected chi connectivity index (χ0v) is 14.6. The molecule has 0 saturated carbocycles. The van der Waals surface area contributed by atoms with Crippen molar-refractivity contribution in [3.63, 3.8) is 0 Å². The standard InChI is InChI=1S/C13H31NSi2/c1-9-12(4)14-16(11-3,13(5)10-2)15(6,7)8/h10,12,14H,9,11H2,1-8H3/b13-10+. The quantitative estimate of drug-likeness (QED) is 0.701. The van der Waals surface area contributed by atoms with Gasteiger partial charge in [0.1, 0.15) is 7.75 Å². The van der Waals surface area contributed by atoms with Crippen LogP contribution in [0.25, 0.3) is 0 Å². The van der Waals surface area contributed by atoms with Crippen LogP contribution in [0.15, 0.2) is 11.3 Å². The molecule has 0 fully saturated rings. The Morgan fingerprint density at radius 2 is 1.75 bits per heavy atom. The molecule has 0 amide bonds. The fourth-order valence-corrected chi connectivity index (χ4v) is 17.0. The van der Waals surface area contributed by atoms with Gasteiger partial charge in [-0.1, -0.05) is 51.7 Å². The van der Waals surface area contributed by atoms with Crippen molar-refractivity contribution >= 4 is 15.3 Å². The second-order valence-corrected chi connectivity index (χ2v) is 21.1. The molecule has 0 aromatic rings. The molecule has 0 bridgehead atoms. The number of allylic oxidation sites excluding steroid dienone is 2. The Kier molecular flexibility index (Phi) is 6.22. The molecule has 0 aliphatic heterocycles. The van der Waals surface area contributed by atoms with Gasteiger partial charge >= 0.3 is 0 Å². The van der Waals surface area contributed by atoms with Crippen LogP contribution in [-0.4, -0.2) is 21.4 Å². The molecule has 2 atom stereocenters. The molecule has 1 N–H and O–H groups in total. The Balaban J connectivity index is 5.31. The lowest BCUT2D eigenvalue weighted by Gasteiger charge is -2.44. The number of rotatable bonds is 6. The number of hydrogen-bond acceptors (Lipinski definition) is 1. The van der Waals surface area contributed by atoms with Crippen LogP contribution in [0.1, 0.15) is 41.0 Å². The minimum atomic E-state index is -1.41. The molecule has 16 heavy (non-hydrogen) atoms. The van der Waals surface area contributed by atoms with E-state index in [-0.39, 0.29) is 0 Å². The topological polar surface area (TPSA) is 12.0 Å². The molecule has 0 saturated heterocycles. The molecule has 0 aromatic carbocycles. The largest absolute Gasteiger partial charge is 0.333 e. The molecule has 0 aliphatic rings. The summed E-state index contributed by atoms with van der Waals surface area (Å²) in [6, 6.07) is 2.00. The van der Waals surface area contributed by atoms with Crippen LogP contribution >= 0.6 is 0 Å². The van der Waals surface area contributed by atoms with Crippen molar-refractivity contribution < 1.29 is 0 Å². The van der Waals surface area contributed by atoms with Gasteiger partial charge in [-0.2, -0.15) is 0 Å². The van der Waals surface area contributed by atoms with Crippen molar-refractivity contribution in [1.82, 2.24) is 4.98 Å². The second kappa shape index (κ2) is 6.17. The summed E-state index contributed by atoms with van der Waals surface area (Å²) in [6.45, 7) is 19.1. The minimum Gasteiger partial charge on any atom is -0.333 e. The average Bonchev–Trinajstić information content (AvgIpc) is 2.22. The van der Waals surface area contributed by atoms with Crippen molar-refractivity contribution in [2.45, 2.75) is 72.8 Å². The molecule has 0 spiro atoms. The summed E-state index contributed by atoms with van der Waals surface area (Å²) in [7, 11) is -2.55. The number of hydrogen-bond donors (Lipinski definition) is 1. The first-order valence-corrected chi connectivity index (χ1v) is 13.4. The van der Waals surface area contributed by atoms with Crippen molar-refractivity contribution in [3.05, 3.63) is 11.3 Å². The van der Waals surface area contributed by atoms with Crippen LogP contribution in [-0.2, 0) is 0 Å². The van der Waals surface area contributed by atoms with Gasteiger partial charge in [0.25, 0.3) is 0 Å². The van der Waals surface area contributed by atoms with Gasteiger partial charge in [0.05, 0.1) is 7.59 Å². The van der Waals surface area contributed by atoms with Gasteiger partial charge in [0, 0.05) is 0 Å². The summed E-state index contributed by atoms with van der Waals surface area (Å²) in [4.78, 5) is 4.05. The highest BCUT2D eigenvalue weighted by Crippen LogP contribution is 2.28. The van der Waals surface area contributed by atoms with Gasteiger partial charge in [-0.05, 0) is 32.4 Å². The zero-order valence-electron chi connectivity index (χ0n) is 12.6. The maximum atomic E-state index is 4.05. The smallest absolute Gasteiger partial charge is 0.141 e. The monoisotopic (exact) mass is 257 g/mol. The summed E-state index contributed by atoms with van der Waals surface area (Å²) in [5.41, 5.74) is 0. The third-order valence-corrected chi connectivity index (χ3v) is 20.6. The lowest BCUT2D eigenvalue weighted by Crippen LogP contribution is -2.69. The first kappa shape index (κ1) is 16.1. The van der Waals surface area contributed by atoms with Crippen molar-refractivity contribution in [1.29, 1.82) is 0 Å². The summed E-state index contributed by atoms with van der Waals surface area (Å²) in [5, 5.41) is 1.66. The van der Waals surface area contributed by atoms with Gasteiger partial charge in [-0.25, -0.2) is 0 Å². The van der Waals surface area contributed by atoms with Crippen LogP contribution < -0.4 is 4.98 Å². The summed E-state index contributed by atoms with van der Waals surface area (Å²) in [6.07, 6.45) is 3.58. The number of nitrogens with one attached hydrogen (secondary N) is 1. The van der Waals surface area contributed by atoms with Gasteiger partial charge in [-0.15, -0.1) is 0 Å². The van der Waals surface area contributed by atoms with Gasteiger partial charge in [-0.3, -0.25) is 0 Å². The highest BCUT2D eigenvalue weighted by Gasteiger charge is 2.46. The summed E-state index contributed by atoms with van der Waals surface area (Å²) >= 11 is 0. The SMILES string of the molecule is C/C=C(\C)[Si](CC)(NC(C)CC)[Si](C)(C)C. The molecule has 0 aliphatic carbocycles. The van der Waals surface area contributed by atoms with Gasteiger partial charge in [0.15, 0.2) is 0 Å². The van der Waals surface area contributed by atoms with E-state index in [2.05, 4.69) is 65.3 Å². The van der Waals surface area contributed by atoms with E-state index < -0.39 is 15.3 Å². The third-order valence-electron chi connectivity index (χ3n) is 4.02. The molecule has 0 rings (SSSR count). The maximum absolute atomic E-state index is 4.05. The first-order valence-electron chi connectivity index (χ1n) is 6.66. The molecule has 96 valence electrons. The Morgan fingerprint density at radius 3 is 2.00 bits per heavy atom. The van der Waals surface area contributed by atoms with E-state index in [9.17, 15) is 0 Å². The lowest BCUT2D eigenvalue weighted by atomic mass is 10.3. The fraction of sp³-hybridized carbons (Fsp3) is 0.846. The summed E-state index contributed by atoms with van der Waals surface area (Å²) in [5.74, 6) is 0. The van der Waals surface area contributed by atoms with Gasteiger partial charge in [0.2, 0.25) is 0 Å². The van der Waals surface area contributed by atoms with Crippen molar-refractivity contribution in [3.8, 4) is 0 Å². The van der Waals surface area contributed by atoms with E-state index >= 15 is 0 Å². The predicted octanol–water partition coefficient (Wildman–Crippen LogP) is 4.26. The van der Waals surface area contributed by atoms with E-state index in [0.717, 1.165) is 0 Å². The van der Waals surface area contributed by atoms with E-state index in [1.807, 2.05) is 0 Å². The molecular formula is C13H31NSi2. The molecule has 2 unspecified atom stereocenters. The van der Waals surface area contributed by atoms with Crippen LogP contribution in [0.2, 0.25) is 25.7 Å². The third kappa shape index (κ3) is 3.31. The van der Waals surface area contributed by atoms with Crippen LogP contribution in [0, 0.1) is 0 Å². The molecule has 0 aromatic heterocycles. The van der Waals surface area contributed by atoms with Gasteiger partial charge < -0.3 is 4.98 Å². The molecule has 0 heterocycles.